The molecule has 0 atom stereocenters. The van der Waals surface area contributed by atoms with Crippen LogP contribution in [0.2, 0.25) is 0 Å². The van der Waals surface area contributed by atoms with E-state index in [1.165, 1.54) is 19.2 Å². The Morgan fingerprint density at radius 1 is 1.38 bits per heavy atom. The van der Waals surface area contributed by atoms with Crippen LogP contribution in [0.5, 0.6) is 0 Å². The van der Waals surface area contributed by atoms with Gasteiger partial charge in [0.25, 0.3) is 11.8 Å². The van der Waals surface area contributed by atoms with Crippen molar-refractivity contribution in [3.8, 4) is 11.4 Å². The zero-order valence-electron chi connectivity index (χ0n) is 12.9. The minimum Gasteiger partial charge on any atom is -0.351 e. The van der Waals surface area contributed by atoms with Crippen molar-refractivity contribution in [2.24, 2.45) is 0 Å². The molecule has 1 aromatic heterocycles. The number of nitrogens with one attached hydrogen (secondary N) is 2. The molecule has 2 N–H and O–H groups in total. The Balaban J connectivity index is 2.12. The number of aromatic nitrogens is 2. The van der Waals surface area contributed by atoms with Crippen molar-refractivity contribution < 1.29 is 27.3 Å². The highest BCUT2D eigenvalue weighted by atomic mass is 19.3. The molecule has 0 aliphatic heterocycles. The van der Waals surface area contributed by atoms with Crippen LogP contribution >= 0.6 is 0 Å². The van der Waals surface area contributed by atoms with E-state index in [1.54, 1.807) is 0 Å². The minimum atomic E-state index is -3.29. The molecule has 10 heteroatoms. The van der Waals surface area contributed by atoms with E-state index in [4.69, 9.17) is 0 Å². The summed E-state index contributed by atoms with van der Waals surface area (Å²) in [6.45, 7) is 1.18. The van der Waals surface area contributed by atoms with Crippen molar-refractivity contribution in [1.82, 2.24) is 20.9 Å². The first kappa shape index (κ1) is 17.9. The first-order valence-electron chi connectivity index (χ1n) is 6.89. The fourth-order valence-electron chi connectivity index (χ4n) is 1.78. The number of hydrogen-bond donors (Lipinski definition) is 2. The summed E-state index contributed by atoms with van der Waals surface area (Å²) >= 11 is 0. The first-order valence-corrected chi connectivity index (χ1v) is 6.89. The smallest absolute Gasteiger partial charge is 0.322 e. The highest BCUT2D eigenvalue weighted by molar-refractivity contribution is 5.94. The third-order valence-corrected chi connectivity index (χ3v) is 2.93. The normalized spacial score (nSPS) is 11.5. The van der Waals surface area contributed by atoms with Gasteiger partial charge in [0.05, 0.1) is 12.7 Å². The van der Waals surface area contributed by atoms with Crippen molar-refractivity contribution in [1.29, 1.82) is 0 Å². The van der Waals surface area contributed by atoms with Crippen molar-refractivity contribution in [3.05, 3.63) is 35.5 Å². The van der Waals surface area contributed by atoms with Gasteiger partial charge in [0, 0.05) is 25.6 Å². The predicted molar refractivity (Wildman–Crippen MR) is 76.6 cm³/mol. The Hall–Kier alpha value is -2.46. The monoisotopic (exact) mass is 344 g/mol. The van der Waals surface area contributed by atoms with Gasteiger partial charge in [-0.1, -0.05) is 11.2 Å². The number of alkyl halides is 2. The molecule has 1 heterocycles. The highest BCUT2D eigenvalue weighted by Gasteiger charge is 2.32. The SMILES string of the molecule is CONCCNC(=O)c1ccc(-c2noc(C(C)(F)F)n2)cc1F. The lowest BCUT2D eigenvalue weighted by Gasteiger charge is -2.07. The topological polar surface area (TPSA) is 89.3 Å². The van der Waals surface area contributed by atoms with Crippen LogP contribution in [-0.2, 0) is 10.8 Å². The van der Waals surface area contributed by atoms with Gasteiger partial charge in [0.2, 0.25) is 5.82 Å². The van der Waals surface area contributed by atoms with E-state index < -0.39 is 23.5 Å². The summed E-state index contributed by atoms with van der Waals surface area (Å²) in [7, 11) is 1.43. The summed E-state index contributed by atoms with van der Waals surface area (Å²) < 4.78 is 44.6. The van der Waals surface area contributed by atoms with Crippen LogP contribution in [0, 0.1) is 5.82 Å². The molecule has 1 aromatic carbocycles. The maximum absolute atomic E-state index is 14.1. The second-order valence-corrected chi connectivity index (χ2v) is 4.86. The van der Waals surface area contributed by atoms with E-state index in [2.05, 4.69) is 30.3 Å². The minimum absolute atomic E-state index is 0.115. The average molecular weight is 344 g/mol. The Labute approximate surface area is 135 Å². The van der Waals surface area contributed by atoms with E-state index in [-0.39, 0.29) is 23.5 Å². The Bertz CT molecular complexity index is 716. The Kier molecular flexibility index (Phi) is 5.52. The predicted octanol–water partition coefficient (Wildman–Crippen LogP) is 1.87. The second kappa shape index (κ2) is 7.41. The van der Waals surface area contributed by atoms with E-state index in [0.29, 0.717) is 13.5 Å². The average Bonchev–Trinajstić information content (AvgIpc) is 3.01. The van der Waals surface area contributed by atoms with Crippen molar-refractivity contribution in [3.63, 3.8) is 0 Å². The van der Waals surface area contributed by atoms with Crippen molar-refractivity contribution in [2.45, 2.75) is 12.8 Å². The molecule has 0 spiro atoms. The Morgan fingerprint density at radius 3 is 2.71 bits per heavy atom. The third kappa shape index (κ3) is 4.30. The first-order chi connectivity index (χ1) is 11.3. The quantitative estimate of drug-likeness (QED) is 0.589. The lowest BCUT2D eigenvalue weighted by Crippen LogP contribution is -2.31. The van der Waals surface area contributed by atoms with E-state index >= 15 is 0 Å². The van der Waals surface area contributed by atoms with Gasteiger partial charge < -0.3 is 14.7 Å². The molecule has 0 saturated heterocycles. The fourth-order valence-corrected chi connectivity index (χ4v) is 1.78. The number of nitrogens with zero attached hydrogens (tertiary/aromatic N) is 2. The van der Waals surface area contributed by atoms with Gasteiger partial charge in [-0.05, 0) is 12.1 Å². The van der Waals surface area contributed by atoms with Gasteiger partial charge in [-0.2, -0.15) is 13.8 Å². The number of halogens is 3. The molecule has 7 nitrogen and oxygen atoms in total. The largest absolute Gasteiger partial charge is 0.351 e. The fraction of sp³-hybridized carbons (Fsp3) is 0.357. The number of carbonyl (C=O) groups excluding carboxylic acids is 1. The summed E-state index contributed by atoms with van der Waals surface area (Å²) in [5.74, 6) is -5.81. The van der Waals surface area contributed by atoms with Crippen LogP contribution in [0.15, 0.2) is 22.7 Å². The van der Waals surface area contributed by atoms with Crippen LogP contribution in [0.3, 0.4) is 0 Å². The number of hydroxylamine groups is 1. The molecule has 130 valence electrons. The van der Waals surface area contributed by atoms with E-state index in [0.717, 1.165) is 6.07 Å². The van der Waals surface area contributed by atoms with Crippen LogP contribution < -0.4 is 10.8 Å². The summed E-state index contributed by atoms with van der Waals surface area (Å²) in [6, 6.07) is 3.53. The van der Waals surface area contributed by atoms with Gasteiger partial charge >= 0.3 is 5.92 Å². The molecule has 1 amide bonds. The number of amides is 1. The molecule has 0 bridgehead atoms. The molecule has 0 fully saturated rings. The zero-order valence-corrected chi connectivity index (χ0v) is 12.9. The lowest BCUT2D eigenvalue weighted by atomic mass is 10.1. The van der Waals surface area contributed by atoms with Gasteiger partial charge in [0.1, 0.15) is 5.82 Å². The van der Waals surface area contributed by atoms with E-state index in [9.17, 15) is 18.0 Å². The number of rotatable bonds is 7. The van der Waals surface area contributed by atoms with Crippen LogP contribution in [0.25, 0.3) is 11.4 Å². The maximum Gasteiger partial charge on any atom is 0.322 e. The van der Waals surface area contributed by atoms with Crippen molar-refractivity contribution in [2.75, 3.05) is 20.2 Å². The molecule has 0 aliphatic rings. The Morgan fingerprint density at radius 2 is 2.12 bits per heavy atom. The molecule has 0 unspecified atom stereocenters. The summed E-state index contributed by atoms with van der Waals surface area (Å²) in [4.78, 5) is 20.0. The maximum atomic E-state index is 14.1. The van der Waals surface area contributed by atoms with Gasteiger partial charge in [-0.25, -0.2) is 9.87 Å². The molecular formula is C14H15F3N4O3. The van der Waals surface area contributed by atoms with E-state index in [1.807, 2.05) is 0 Å². The third-order valence-electron chi connectivity index (χ3n) is 2.93. The number of hydrogen-bond acceptors (Lipinski definition) is 6. The van der Waals surface area contributed by atoms with Crippen LogP contribution in [0.1, 0.15) is 23.2 Å². The van der Waals surface area contributed by atoms with Crippen molar-refractivity contribution >= 4 is 5.91 Å². The highest BCUT2D eigenvalue weighted by Crippen LogP contribution is 2.27. The van der Waals surface area contributed by atoms with Gasteiger partial charge in [-0.15, -0.1) is 0 Å². The number of carbonyl (C=O) groups is 1. The molecule has 0 saturated carbocycles. The molecule has 2 aromatic rings. The zero-order chi connectivity index (χ0) is 17.7. The standard InChI is InChI=1S/C14H15F3N4O3/c1-14(16,17)13-20-11(21-24-13)8-3-4-9(10(15)7-8)12(22)18-5-6-19-23-2/h3-4,7,19H,5-6H2,1-2H3,(H,18,22). The van der Waals surface area contributed by atoms with Gasteiger partial charge in [-0.3, -0.25) is 4.79 Å². The second-order valence-electron chi connectivity index (χ2n) is 4.86. The molecule has 2 rings (SSSR count). The van der Waals surface area contributed by atoms with Crippen LogP contribution in [-0.4, -0.2) is 36.2 Å². The molecule has 24 heavy (non-hydrogen) atoms. The van der Waals surface area contributed by atoms with Gasteiger partial charge in [0.15, 0.2) is 0 Å². The molecule has 0 radical (unpaired) electrons. The molecular weight excluding hydrogens is 329 g/mol. The summed E-state index contributed by atoms with van der Waals surface area (Å²) in [6.07, 6.45) is 0. The lowest BCUT2D eigenvalue weighted by molar-refractivity contribution is -0.0158. The van der Waals surface area contributed by atoms with Crippen LogP contribution in [0.4, 0.5) is 13.2 Å². The summed E-state index contributed by atoms with van der Waals surface area (Å²) in [5, 5.41) is 5.87. The number of benzene rings is 1. The summed E-state index contributed by atoms with van der Waals surface area (Å²) in [5.41, 5.74) is 2.44. The molecule has 0 aliphatic carbocycles.